The Balaban J connectivity index is 1.63. The molecule has 0 bridgehead atoms. The van der Waals surface area contributed by atoms with E-state index in [1.807, 2.05) is 55.5 Å². The van der Waals surface area contributed by atoms with Gasteiger partial charge in [0.25, 0.3) is 5.91 Å². The molecule has 0 saturated heterocycles. The van der Waals surface area contributed by atoms with Gasteiger partial charge in [-0.1, -0.05) is 47.1 Å². The van der Waals surface area contributed by atoms with E-state index in [0.717, 1.165) is 16.9 Å². The normalized spacial score (nSPS) is 10.8. The lowest BCUT2D eigenvalue weighted by molar-refractivity contribution is -0.112. The van der Waals surface area contributed by atoms with Crippen molar-refractivity contribution in [1.82, 2.24) is 5.16 Å². The molecular weight excluding hydrogens is 316 g/mol. The molecule has 1 heterocycles. The van der Waals surface area contributed by atoms with Crippen LogP contribution >= 0.6 is 0 Å². The molecule has 0 fully saturated rings. The van der Waals surface area contributed by atoms with Gasteiger partial charge in [0, 0.05) is 17.7 Å². The maximum atomic E-state index is 12.0. The summed E-state index contributed by atoms with van der Waals surface area (Å²) in [7, 11) is 1.61. The van der Waals surface area contributed by atoms with Crippen LogP contribution in [0.3, 0.4) is 0 Å². The lowest BCUT2D eigenvalue weighted by atomic mass is 10.1. The fraction of sp³-hybridized carbons (Fsp3) is 0.100. The summed E-state index contributed by atoms with van der Waals surface area (Å²) in [5.74, 6) is 0.786. The molecule has 2 aromatic carbocycles. The predicted molar refractivity (Wildman–Crippen MR) is 97.3 cm³/mol. The molecular formula is C20H18N2O3. The van der Waals surface area contributed by atoms with Crippen molar-refractivity contribution < 1.29 is 14.1 Å². The van der Waals surface area contributed by atoms with Gasteiger partial charge in [0.2, 0.25) is 5.88 Å². The summed E-state index contributed by atoms with van der Waals surface area (Å²) in [4.78, 5) is 12.0. The number of amides is 1. The Morgan fingerprint density at radius 1 is 1.12 bits per heavy atom. The minimum atomic E-state index is -0.289. The van der Waals surface area contributed by atoms with Gasteiger partial charge in [-0.05, 0) is 30.7 Å². The van der Waals surface area contributed by atoms with Gasteiger partial charge in [-0.25, -0.2) is 0 Å². The van der Waals surface area contributed by atoms with E-state index in [4.69, 9.17) is 9.26 Å². The van der Waals surface area contributed by atoms with E-state index in [-0.39, 0.29) is 5.91 Å². The van der Waals surface area contributed by atoms with Crippen LogP contribution in [0.15, 0.2) is 65.2 Å². The topological polar surface area (TPSA) is 64.4 Å². The minimum Gasteiger partial charge on any atom is -0.497 e. The summed E-state index contributed by atoms with van der Waals surface area (Å²) in [6, 6.07) is 17.0. The fourth-order valence-electron chi connectivity index (χ4n) is 2.24. The quantitative estimate of drug-likeness (QED) is 0.706. The van der Waals surface area contributed by atoms with Gasteiger partial charge in [0.05, 0.1) is 7.11 Å². The molecule has 0 atom stereocenters. The Morgan fingerprint density at radius 2 is 1.84 bits per heavy atom. The van der Waals surface area contributed by atoms with E-state index < -0.39 is 0 Å². The van der Waals surface area contributed by atoms with Crippen LogP contribution in [0.4, 0.5) is 5.88 Å². The average Bonchev–Trinajstić information content (AvgIpc) is 3.09. The third kappa shape index (κ3) is 4.35. The highest BCUT2D eigenvalue weighted by atomic mass is 16.5. The molecule has 0 aliphatic carbocycles. The Kier molecular flexibility index (Phi) is 4.95. The number of methoxy groups -OCH3 is 1. The summed E-state index contributed by atoms with van der Waals surface area (Å²) in [5, 5.41) is 6.64. The van der Waals surface area contributed by atoms with Crippen LogP contribution in [0, 0.1) is 6.92 Å². The van der Waals surface area contributed by atoms with E-state index in [1.165, 1.54) is 11.6 Å². The lowest BCUT2D eigenvalue weighted by Gasteiger charge is -1.99. The van der Waals surface area contributed by atoms with Crippen LogP contribution in [0.2, 0.25) is 0 Å². The number of rotatable bonds is 5. The van der Waals surface area contributed by atoms with Crippen LogP contribution in [0.25, 0.3) is 17.3 Å². The van der Waals surface area contributed by atoms with E-state index in [0.29, 0.717) is 11.6 Å². The van der Waals surface area contributed by atoms with Gasteiger partial charge < -0.3 is 9.26 Å². The van der Waals surface area contributed by atoms with Crippen molar-refractivity contribution in [3.8, 4) is 17.0 Å². The number of benzene rings is 2. The SMILES string of the molecule is COc1ccc(C=CC(=O)Nc2cc(-c3ccc(C)cc3)no2)cc1. The number of carbonyl (C=O) groups excluding carboxylic acids is 1. The molecule has 5 heteroatoms. The number of aromatic nitrogens is 1. The maximum Gasteiger partial charge on any atom is 0.250 e. The fourth-order valence-corrected chi connectivity index (χ4v) is 2.24. The molecule has 3 rings (SSSR count). The number of nitrogens with zero attached hydrogens (tertiary/aromatic N) is 1. The van der Waals surface area contributed by atoms with Crippen LogP contribution in [0.1, 0.15) is 11.1 Å². The van der Waals surface area contributed by atoms with E-state index in [1.54, 1.807) is 19.3 Å². The molecule has 0 aliphatic rings. The highest BCUT2D eigenvalue weighted by Gasteiger charge is 2.08. The molecule has 0 radical (unpaired) electrons. The van der Waals surface area contributed by atoms with Crippen molar-refractivity contribution in [2.24, 2.45) is 0 Å². The second kappa shape index (κ2) is 7.49. The highest BCUT2D eigenvalue weighted by Crippen LogP contribution is 2.22. The molecule has 1 aromatic heterocycles. The second-order valence-electron chi connectivity index (χ2n) is 5.54. The molecule has 1 amide bonds. The Morgan fingerprint density at radius 3 is 2.52 bits per heavy atom. The molecule has 0 aliphatic heterocycles. The molecule has 3 aromatic rings. The van der Waals surface area contributed by atoms with Gasteiger partial charge in [-0.3, -0.25) is 10.1 Å². The van der Waals surface area contributed by atoms with Crippen LogP contribution < -0.4 is 10.1 Å². The number of ether oxygens (including phenoxy) is 1. The monoisotopic (exact) mass is 334 g/mol. The molecule has 5 nitrogen and oxygen atoms in total. The number of hydrogen-bond donors (Lipinski definition) is 1. The summed E-state index contributed by atoms with van der Waals surface area (Å²) in [5.41, 5.74) is 3.68. The number of carbonyl (C=O) groups is 1. The zero-order valence-corrected chi connectivity index (χ0v) is 14.0. The number of nitrogens with one attached hydrogen (secondary N) is 1. The van der Waals surface area contributed by atoms with Crippen LogP contribution in [-0.2, 0) is 4.79 Å². The van der Waals surface area contributed by atoms with Crippen molar-refractivity contribution in [3.05, 3.63) is 71.8 Å². The number of aryl methyl sites for hydroxylation is 1. The van der Waals surface area contributed by atoms with E-state index in [9.17, 15) is 4.79 Å². The largest absolute Gasteiger partial charge is 0.497 e. The summed E-state index contributed by atoms with van der Waals surface area (Å²) in [6.07, 6.45) is 3.15. The standard InChI is InChI=1S/C20H18N2O3/c1-14-3-8-16(9-4-14)18-13-20(25-22-18)21-19(23)12-7-15-5-10-17(24-2)11-6-15/h3-13H,1-2H3,(H,21,23). The van der Waals surface area contributed by atoms with Crippen molar-refractivity contribution in [2.45, 2.75) is 6.92 Å². The highest BCUT2D eigenvalue weighted by molar-refractivity contribution is 6.01. The first-order valence-electron chi connectivity index (χ1n) is 7.81. The van der Waals surface area contributed by atoms with Crippen molar-refractivity contribution >= 4 is 17.9 Å². The Hall–Kier alpha value is -3.34. The number of hydrogen-bond acceptors (Lipinski definition) is 4. The van der Waals surface area contributed by atoms with Gasteiger partial charge in [-0.15, -0.1) is 0 Å². The molecule has 126 valence electrons. The van der Waals surface area contributed by atoms with Crippen molar-refractivity contribution in [2.75, 3.05) is 12.4 Å². The Bertz CT molecular complexity index is 878. The first-order valence-corrected chi connectivity index (χ1v) is 7.81. The second-order valence-corrected chi connectivity index (χ2v) is 5.54. The summed E-state index contributed by atoms with van der Waals surface area (Å²) >= 11 is 0. The minimum absolute atomic E-state index is 0.289. The zero-order chi connectivity index (χ0) is 17.6. The molecule has 0 saturated carbocycles. The van der Waals surface area contributed by atoms with Crippen molar-refractivity contribution in [3.63, 3.8) is 0 Å². The van der Waals surface area contributed by atoms with E-state index >= 15 is 0 Å². The van der Waals surface area contributed by atoms with Gasteiger partial charge >= 0.3 is 0 Å². The molecule has 25 heavy (non-hydrogen) atoms. The summed E-state index contributed by atoms with van der Waals surface area (Å²) in [6.45, 7) is 2.02. The van der Waals surface area contributed by atoms with Gasteiger partial charge in [0.1, 0.15) is 11.4 Å². The Labute approximate surface area is 145 Å². The van der Waals surface area contributed by atoms with Gasteiger partial charge in [0.15, 0.2) is 0 Å². The van der Waals surface area contributed by atoms with Crippen molar-refractivity contribution in [1.29, 1.82) is 0 Å². The van der Waals surface area contributed by atoms with Crippen LogP contribution in [0.5, 0.6) is 5.75 Å². The predicted octanol–water partition coefficient (Wildman–Crippen LogP) is 4.31. The van der Waals surface area contributed by atoms with Gasteiger partial charge in [-0.2, -0.15) is 0 Å². The zero-order valence-electron chi connectivity index (χ0n) is 14.0. The average molecular weight is 334 g/mol. The molecule has 0 unspecified atom stereocenters. The maximum absolute atomic E-state index is 12.0. The smallest absolute Gasteiger partial charge is 0.250 e. The molecule has 0 spiro atoms. The molecule has 1 N–H and O–H groups in total. The third-order valence-electron chi connectivity index (χ3n) is 3.65. The first kappa shape index (κ1) is 16.5. The lowest BCUT2D eigenvalue weighted by Crippen LogP contribution is -2.06. The van der Waals surface area contributed by atoms with E-state index in [2.05, 4.69) is 10.5 Å². The van der Waals surface area contributed by atoms with Crippen LogP contribution in [-0.4, -0.2) is 18.2 Å². The first-order chi connectivity index (χ1) is 12.1. The summed E-state index contributed by atoms with van der Waals surface area (Å²) < 4.78 is 10.3. The number of anilines is 1. The third-order valence-corrected chi connectivity index (χ3v) is 3.65.